The molecule has 0 radical (unpaired) electrons. The van der Waals surface area contributed by atoms with Crippen LogP contribution in [0.1, 0.15) is 19.3 Å². The molecule has 36 heavy (non-hydrogen) atoms. The molecule has 11 nitrogen and oxygen atoms in total. The zero-order chi connectivity index (χ0) is 26.5. The quantitative estimate of drug-likeness (QED) is 0.484. The molecule has 0 unspecified atom stereocenters. The molecule has 2 aromatic carbocycles. The lowest BCUT2D eigenvalue weighted by atomic mass is 10.2. The van der Waals surface area contributed by atoms with Gasteiger partial charge in [0.05, 0.1) is 43.4 Å². The van der Waals surface area contributed by atoms with Gasteiger partial charge in [0.25, 0.3) is 0 Å². The van der Waals surface area contributed by atoms with Gasteiger partial charge < -0.3 is 19.5 Å². The Morgan fingerprint density at radius 3 is 2.06 bits per heavy atom. The highest BCUT2D eigenvalue weighted by molar-refractivity contribution is 7.89. The number of benzene rings is 2. The smallest absolute Gasteiger partial charge is 0.243 e. The van der Waals surface area contributed by atoms with Gasteiger partial charge in [-0.1, -0.05) is 6.42 Å². The second-order valence-corrected chi connectivity index (χ2v) is 12.1. The van der Waals surface area contributed by atoms with Gasteiger partial charge in [-0.05, 0) is 43.2 Å². The van der Waals surface area contributed by atoms with Gasteiger partial charge >= 0.3 is 0 Å². The van der Waals surface area contributed by atoms with E-state index in [0.29, 0.717) is 18.8 Å². The van der Waals surface area contributed by atoms with Gasteiger partial charge in [-0.2, -0.15) is 8.61 Å². The third-order valence-electron chi connectivity index (χ3n) is 5.83. The molecule has 1 N–H and O–H groups in total. The predicted octanol–water partition coefficient (Wildman–Crippen LogP) is 2.15. The highest BCUT2D eigenvalue weighted by Crippen LogP contribution is 2.31. The summed E-state index contributed by atoms with van der Waals surface area (Å²) < 4.78 is 70.0. The van der Waals surface area contributed by atoms with Gasteiger partial charge in [0.15, 0.2) is 11.5 Å². The van der Waals surface area contributed by atoms with Crippen LogP contribution < -0.4 is 19.5 Å². The molecular formula is C23H31N3O8S2. The largest absolute Gasteiger partial charge is 0.495 e. The van der Waals surface area contributed by atoms with Crippen molar-refractivity contribution in [3.63, 3.8) is 0 Å². The number of methoxy groups -OCH3 is 3. The summed E-state index contributed by atoms with van der Waals surface area (Å²) in [6.45, 7) is 0.354. The second-order valence-electron chi connectivity index (χ2n) is 8.15. The van der Waals surface area contributed by atoms with Crippen LogP contribution in [0.4, 0.5) is 5.69 Å². The van der Waals surface area contributed by atoms with E-state index in [1.165, 1.54) is 69.1 Å². The van der Waals surface area contributed by atoms with Crippen LogP contribution in [0.25, 0.3) is 0 Å². The number of hydrogen-bond donors (Lipinski definition) is 1. The summed E-state index contributed by atoms with van der Waals surface area (Å²) in [4.78, 5) is 12.7. The number of amides is 1. The van der Waals surface area contributed by atoms with E-state index in [2.05, 4.69) is 5.32 Å². The SMILES string of the molecule is COc1ccc(S(=O)(=O)N2CCCCC2)cc1NC(=O)CN(C)S(=O)(=O)c1ccc(OC)c(OC)c1. The molecule has 2 aromatic rings. The Balaban J connectivity index is 1.79. The van der Waals surface area contributed by atoms with Crippen molar-refractivity contribution in [3.05, 3.63) is 36.4 Å². The summed E-state index contributed by atoms with van der Waals surface area (Å²) in [7, 11) is -2.31. The lowest BCUT2D eigenvalue weighted by Gasteiger charge is -2.26. The fourth-order valence-electron chi connectivity index (χ4n) is 3.83. The minimum absolute atomic E-state index is 0.0202. The van der Waals surface area contributed by atoms with Gasteiger partial charge in [0.2, 0.25) is 26.0 Å². The number of hydrogen-bond acceptors (Lipinski definition) is 8. The van der Waals surface area contributed by atoms with Crippen molar-refractivity contribution < 1.29 is 35.8 Å². The molecule has 3 rings (SSSR count). The number of piperidine rings is 1. The summed E-state index contributed by atoms with van der Waals surface area (Å²) in [5, 5.41) is 2.57. The molecule has 1 fully saturated rings. The second kappa shape index (κ2) is 11.5. The Labute approximate surface area is 212 Å². The Morgan fingerprint density at radius 2 is 1.44 bits per heavy atom. The van der Waals surface area contributed by atoms with Gasteiger partial charge in [0, 0.05) is 26.2 Å². The highest BCUT2D eigenvalue weighted by atomic mass is 32.2. The number of rotatable bonds is 10. The topological polar surface area (TPSA) is 132 Å². The number of likely N-dealkylation sites (N-methyl/N-ethyl adjacent to an activating group) is 1. The molecule has 198 valence electrons. The van der Waals surface area contributed by atoms with Crippen molar-refractivity contribution in [2.75, 3.05) is 53.3 Å². The van der Waals surface area contributed by atoms with Crippen molar-refractivity contribution in [2.45, 2.75) is 29.1 Å². The van der Waals surface area contributed by atoms with Crippen LogP contribution in [0.3, 0.4) is 0 Å². The standard InChI is InChI=1S/C23H31N3O8S2/c1-25(35(28,29)18-9-11-21(33-3)22(15-18)34-4)16-23(27)24-19-14-17(8-10-20(19)32-2)36(30,31)26-12-6-5-7-13-26/h8-11,14-15H,5-7,12-13,16H2,1-4H3,(H,24,27). The van der Waals surface area contributed by atoms with Crippen molar-refractivity contribution in [2.24, 2.45) is 0 Å². The lowest BCUT2D eigenvalue weighted by molar-refractivity contribution is -0.116. The molecule has 0 spiro atoms. The van der Waals surface area contributed by atoms with E-state index in [1.807, 2.05) is 0 Å². The van der Waals surface area contributed by atoms with E-state index in [1.54, 1.807) is 0 Å². The van der Waals surface area contributed by atoms with E-state index in [0.717, 1.165) is 23.6 Å². The fourth-order valence-corrected chi connectivity index (χ4v) is 6.52. The maximum absolute atomic E-state index is 13.1. The molecule has 1 heterocycles. The minimum atomic E-state index is -4.04. The van der Waals surface area contributed by atoms with Crippen molar-refractivity contribution in [1.82, 2.24) is 8.61 Å². The van der Waals surface area contributed by atoms with E-state index < -0.39 is 32.5 Å². The van der Waals surface area contributed by atoms with Crippen LogP contribution >= 0.6 is 0 Å². The lowest BCUT2D eigenvalue weighted by Crippen LogP contribution is -2.36. The molecule has 1 aliphatic heterocycles. The monoisotopic (exact) mass is 541 g/mol. The average Bonchev–Trinajstić information content (AvgIpc) is 2.88. The molecule has 0 aliphatic carbocycles. The zero-order valence-corrected chi connectivity index (χ0v) is 22.3. The van der Waals surface area contributed by atoms with E-state index in [-0.39, 0.29) is 27.0 Å². The van der Waals surface area contributed by atoms with Crippen molar-refractivity contribution >= 4 is 31.6 Å². The Bertz CT molecular complexity index is 1310. The summed E-state index contributed by atoms with van der Waals surface area (Å²) in [6.07, 6.45) is 2.56. The Hall–Kier alpha value is -2.87. The number of sulfonamides is 2. The maximum Gasteiger partial charge on any atom is 0.243 e. The van der Waals surface area contributed by atoms with Crippen LogP contribution in [-0.2, 0) is 24.8 Å². The molecular weight excluding hydrogens is 510 g/mol. The predicted molar refractivity (Wildman–Crippen MR) is 134 cm³/mol. The number of ether oxygens (including phenoxy) is 3. The zero-order valence-electron chi connectivity index (χ0n) is 20.7. The third kappa shape index (κ3) is 5.91. The average molecular weight is 542 g/mol. The van der Waals surface area contributed by atoms with Gasteiger partial charge in [0.1, 0.15) is 5.75 Å². The van der Waals surface area contributed by atoms with E-state index in [4.69, 9.17) is 14.2 Å². The summed E-state index contributed by atoms with van der Waals surface area (Å²) in [5.74, 6) is 0.162. The summed E-state index contributed by atoms with van der Waals surface area (Å²) in [5.41, 5.74) is 0.123. The van der Waals surface area contributed by atoms with Crippen molar-refractivity contribution in [3.8, 4) is 17.2 Å². The van der Waals surface area contributed by atoms with Crippen LogP contribution in [0.15, 0.2) is 46.2 Å². The highest BCUT2D eigenvalue weighted by Gasteiger charge is 2.28. The Kier molecular flexibility index (Phi) is 8.82. The van der Waals surface area contributed by atoms with Gasteiger partial charge in [-0.25, -0.2) is 16.8 Å². The van der Waals surface area contributed by atoms with E-state index in [9.17, 15) is 21.6 Å². The maximum atomic E-state index is 13.1. The first-order chi connectivity index (χ1) is 17.0. The van der Waals surface area contributed by atoms with Gasteiger partial charge in [-0.3, -0.25) is 4.79 Å². The molecule has 0 saturated carbocycles. The van der Waals surface area contributed by atoms with Crippen LogP contribution in [0.2, 0.25) is 0 Å². The molecule has 13 heteroatoms. The first kappa shape index (κ1) is 27.7. The molecule has 1 aliphatic rings. The first-order valence-corrected chi connectivity index (χ1v) is 14.1. The molecule has 0 aromatic heterocycles. The number of carbonyl (C=O) groups excluding carboxylic acids is 1. The fraction of sp³-hybridized carbons (Fsp3) is 0.435. The van der Waals surface area contributed by atoms with Crippen LogP contribution in [0.5, 0.6) is 17.2 Å². The molecule has 1 saturated heterocycles. The molecule has 0 atom stereocenters. The molecule has 0 bridgehead atoms. The number of nitrogens with one attached hydrogen (secondary N) is 1. The number of anilines is 1. The summed E-state index contributed by atoms with van der Waals surface area (Å²) >= 11 is 0. The summed E-state index contributed by atoms with van der Waals surface area (Å²) in [6, 6.07) is 8.31. The van der Waals surface area contributed by atoms with Crippen molar-refractivity contribution in [1.29, 1.82) is 0 Å². The minimum Gasteiger partial charge on any atom is -0.495 e. The Morgan fingerprint density at radius 1 is 0.861 bits per heavy atom. The third-order valence-corrected chi connectivity index (χ3v) is 9.52. The molecule has 1 amide bonds. The number of carbonyl (C=O) groups is 1. The number of nitrogens with zero attached hydrogens (tertiary/aromatic N) is 2. The van der Waals surface area contributed by atoms with Gasteiger partial charge in [-0.15, -0.1) is 0 Å². The van der Waals surface area contributed by atoms with Crippen LogP contribution in [-0.4, -0.2) is 79.4 Å². The van der Waals surface area contributed by atoms with Crippen LogP contribution in [0, 0.1) is 0 Å². The normalized spacial score (nSPS) is 14.9. The first-order valence-electron chi connectivity index (χ1n) is 11.2. The van der Waals surface area contributed by atoms with E-state index >= 15 is 0 Å².